The molecule has 0 saturated heterocycles. The first-order chi connectivity index (χ1) is 10.8. The molecule has 2 aliphatic rings. The smallest absolute Gasteiger partial charge is 0.191 e. The SMILES string of the molecule is CCNC(=NCC(C)N1CCc2ccccc2C1)NC1CC1. The lowest BCUT2D eigenvalue weighted by Gasteiger charge is -2.33. The van der Waals surface area contributed by atoms with Crippen molar-refractivity contribution >= 4 is 5.96 Å². The predicted octanol–water partition coefficient (Wildman–Crippen LogP) is 2.15. The zero-order chi connectivity index (χ0) is 15.4. The maximum atomic E-state index is 4.78. The molecule has 1 atom stereocenters. The van der Waals surface area contributed by atoms with E-state index in [-0.39, 0.29) is 0 Å². The molecule has 0 aromatic heterocycles. The normalized spacial score (nSPS) is 20.4. The summed E-state index contributed by atoms with van der Waals surface area (Å²) in [6.07, 6.45) is 3.72. The third kappa shape index (κ3) is 4.01. The second kappa shape index (κ2) is 7.14. The van der Waals surface area contributed by atoms with Gasteiger partial charge in [0.15, 0.2) is 5.96 Å². The average molecular weight is 300 g/mol. The Hall–Kier alpha value is -1.55. The Kier molecular flexibility index (Phi) is 4.98. The van der Waals surface area contributed by atoms with Gasteiger partial charge in [-0.2, -0.15) is 0 Å². The van der Waals surface area contributed by atoms with Gasteiger partial charge in [0.2, 0.25) is 0 Å². The van der Waals surface area contributed by atoms with Crippen LogP contribution in [0.1, 0.15) is 37.8 Å². The molecule has 2 N–H and O–H groups in total. The molecule has 1 heterocycles. The molecule has 0 radical (unpaired) electrons. The molecule has 1 unspecified atom stereocenters. The number of hydrogen-bond acceptors (Lipinski definition) is 2. The molecule has 1 aliphatic carbocycles. The standard InChI is InChI=1S/C18H28N4/c1-3-19-18(21-17-8-9-17)20-12-14(2)22-11-10-15-6-4-5-7-16(15)13-22/h4-7,14,17H,3,8-13H2,1-2H3,(H2,19,20,21). The third-order valence-electron chi connectivity index (χ3n) is 4.56. The summed E-state index contributed by atoms with van der Waals surface area (Å²) in [6, 6.07) is 9.94. The Bertz CT molecular complexity index is 522. The molecule has 1 saturated carbocycles. The van der Waals surface area contributed by atoms with Gasteiger partial charge in [-0.1, -0.05) is 24.3 Å². The number of rotatable bonds is 5. The van der Waals surface area contributed by atoms with E-state index in [2.05, 4.69) is 53.6 Å². The Morgan fingerprint density at radius 2 is 2.09 bits per heavy atom. The fraction of sp³-hybridized carbons (Fsp3) is 0.611. The van der Waals surface area contributed by atoms with E-state index < -0.39 is 0 Å². The summed E-state index contributed by atoms with van der Waals surface area (Å²) < 4.78 is 0. The minimum Gasteiger partial charge on any atom is -0.357 e. The quantitative estimate of drug-likeness (QED) is 0.646. The summed E-state index contributed by atoms with van der Waals surface area (Å²) in [5.74, 6) is 0.981. The van der Waals surface area contributed by atoms with Crippen molar-refractivity contribution in [1.29, 1.82) is 0 Å². The van der Waals surface area contributed by atoms with E-state index in [1.165, 1.54) is 24.0 Å². The van der Waals surface area contributed by atoms with E-state index in [0.29, 0.717) is 12.1 Å². The minimum atomic E-state index is 0.475. The summed E-state index contributed by atoms with van der Waals surface area (Å²) in [4.78, 5) is 7.33. The highest BCUT2D eigenvalue weighted by Gasteiger charge is 2.23. The van der Waals surface area contributed by atoms with Crippen LogP contribution in [0, 0.1) is 0 Å². The maximum Gasteiger partial charge on any atom is 0.191 e. The number of guanidine groups is 1. The van der Waals surface area contributed by atoms with Gasteiger partial charge >= 0.3 is 0 Å². The number of nitrogens with zero attached hydrogens (tertiary/aromatic N) is 2. The molecular formula is C18H28N4. The molecule has 1 aliphatic heterocycles. The molecule has 1 fully saturated rings. The van der Waals surface area contributed by atoms with Crippen molar-refractivity contribution in [1.82, 2.24) is 15.5 Å². The molecule has 120 valence electrons. The highest BCUT2D eigenvalue weighted by atomic mass is 15.2. The summed E-state index contributed by atoms with van der Waals surface area (Å²) >= 11 is 0. The average Bonchev–Trinajstić information content (AvgIpc) is 3.36. The molecule has 4 nitrogen and oxygen atoms in total. The fourth-order valence-electron chi connectivity index (χ4n) is 2.97. The van der Waals surface area contributed by atoms with Gasteiger partial charge in [-0.3, -0.25) is 9.89 Å². The molecule has 22 heavy (non-hydrogen) atoms. The van der Waals surface area contributed by atoms with Crippen molar-refractivity contribution < 1.29 is 0 Å². The van der Waals surface area contributed by atoms with Gasteiger partial charge in [-0.15, -0.1) is 0 Å². The van der Waals surface area contributed by atoms with Crippen LogP contribution in [0.3, 0.4) is 0 Å². The van der Waals surface area contributed by atoms with Crippen LogP contribution >= 0.6 is 0 Å². The zero-order valence-electron chi connectivity index (χ0n) is 13.8. The molecule has 1 aromatic carbocycles. The first-order valence-electron chi connectivity index (χ1n) is 8.62. The number of benzene rings is 1. The van der Waals surface area contributed by atoms with Gasteiger partial charge in [-0.05, 0) is 44.2 Å². The lowest BCUT2D eigenvalue weighted by molar-refractivity contribution is 0.195. The minimum absolute atomic E-state index is 0.475. The van der Waals surface area contributed by atoms with Crippen LogP contribution in [0.5, 0.6) is 0 Å². The fourth-order valence-corrected chi connectivity index (χ4v) is 2.97. The van der Waals surface area contributed by atoms with Crippen LogP contribution in [0.4, 0.5) is 0 Å². The molecule has 4 heteroatoms. The summed E-state index contributed by atoms with van der Waals surface area (Å²) in [7, 11) is 0. The van der Waals surface area contributed by atoms with Crippen LogP contribution in [0.2, 0.25) is 0 Å². The number of fused-ring (bicyclic) bond motifs is 1. The zero-order valence-corrected chi connectivity index (χ0v) is 13.8. The van der Waals surface area contributed by atoms with Crippen LogP contribution < -0.4 is 10.6 Å². The number of nitrogens with one attached hydrogen (secondary N) is 2. The van der Waals surface area contributed by atoms with Crippen molar-refractivity contribution in [2.75, 3.05) is 19.6 Å². The van der Waals surface area contributed by atoms with Crippen LogP contribution in [0.25, 0.3) is 0 Å². The van der Waals surface area contributed by atoms with E-state index in [4.69, 9.17) is 4.99 Å². The van der Waals surface area contributed by atoms with Gasteiger partial charge < -0.3 is 10.6 Å². The predicted molar refractivity (Wildman–Crippen MR) is 92.2 cm³/mol. The van der Waals surface area contributed by atoms with Gasteiger partial charge in [0.1, 0.15) is 0 Å². The Morgan fingerprint density at radius 1 is 1.32 bits per heavy atom. The lowest BCUT2D eigenvalue weighted by Crippen LogP contribution is -2.42. The van der Waals surface area contributed by atoms with Crippen molar-refractivity contribution in [2.24, 2.45) is 4.99 Å². The molecule has 0 amide bonds. The second-order valence-electron chi connectivity index (χ2n) is 6.48. The number of hydrogen-bond donors (Lipinski definition) is 2. The van der Waals surface area contributed by atoms with Crippen molar-refractivity contribution in [3.8, 4) is 0 Å². The van der Waals surface area contributed by atoms with Crippen molar-refractivity contribution in [3.63, 3.8) is 0 Å². The third-order valence-corrected chi connectivity index (χ3v) is 4.56. The Balaban J connectivity index is 1.56. The molecule has 0 spiro atoms. The summed E-state index contributed by atoms with van der Waals surface area (Å²) in [6.45, 7) is 8.38. The highest BCUT2D eigenvalue weighted by molar-refractivity contribution is 5.80. The molecule has 3 rings (SSSR count). The van der Waals surface area contributed by atoms with E-state index in [9.17, 15) is 0 Å². The Morgan fingerprint density at radius 3 is 2.82 bits per heavy atom. The monoisotopic (exact) mass is 300 g/mol. The van der Waals surface area contributed by atoms with Gasteiger partial charge in [0, 0.05) is 31.7 Å². The van der Waals surface area contributed by atoms with E-state index in [0.717, 1.165) is 38.6 Å². The largest absolute Gasteiger partial charge is 0.357 e. The molecule has 1 aromatic rings. The van der Waals surface area contributed by atoms with Crippen LogP contribution in [0.15, 0.2) is 29.3 Å². The second-order valence-corrected chi connectivity index (χ2v) is 6.48. The van der Waals surface area contributed by atoms with Gasteiger partial charge in [0.05, 0.1) is 6.54 Å². The van der Waals surface area contributed by atoms with E-state index in [1.807, 2.05) is 0 Å². The highest BCUT2D eigenvalue weighted by Crippen LogP contribution is 2.20. The van der Waals surface area contributed by atoms with E-state index >= 15 is 0 Å². The maximum absolute atomic E-state index is 4.78. The Labute approximate surface area is 134 Å². The van der Waals surface area contributed by atoms with Crippen molar-refractivity contribution in [2.45, 2.75) is 51.7 Å². The van der Waals surface area contributed by atoms with Crippen LogP contribution in [-0.4, -0.2) is 42.6 Å². The van der Waals surface area contributed by atoms with E-state index in [1.54, 1.807) is 0 Å². The lowest BCUT2D eigenvalue weighted by atomic mass is 9.99. The van der Waals surface area contributed by atoms with Gasteiger partial charge in [-0.25, -0.2) is 0 Å². The summed E-state index contributed by atoms with van der Waals surface area (Å²) in [5.41, 5.74) is 2.99. The first-order valence-corrected chi connectivity index (χ1v) is 8.62. The van der Waals surface area contributed by atoms with Gasteiger partial charge in [0.25, 0.3) is 0 Å². The molecule has 0 bridgehead atoms. The van der Waals surface area contributed by atoms with Crippen LogP contribution in [-0.2, 0) is 13.0 Å². The van der Waals surface area contributed by atoms with Crippen molar-refractivity contribution in [3.05, 3.63) is 35.4 Å². The first kappa shape index (κ1) is 15.3. The number of aliphatic imine (C=N–C) groups is 1. The topological polar surface area (TPSA) is 39.7 Å². The summed E-state index contributed by atoms with van der Waals surface area (Å²) in [5, 5.41) is 6.83. The molecular weight excluding hydrogens is 272 g/mol.